The molecule has 2 aromatic rings. The Bertz CT molecular complexity index is 538. The van der Waals surface area contributed by atoms with E-state index >= 15 is 0 Å². The third-order valence-electron chi connectivity index (χ3n) is 2.71. The van der Waals surface area contributed by atoms with Crippen LogP contribution in [0.2, 0.25) is 0 Å². The summed E-state index contributed by atoms with van der Waals surface area (Å²) in [6.07, 6.45) is 0.138. The van der Waals surface area contributed by atoms with Gasteiger partial charge in [0.1, 0.15) is 11.5 Å². The number of carbonyl (C=O) groups excluding carboxylic acids is 1. The third-order valence-corrected chi connectivity index (χ3v) is 2.71. The van der Waals surface area contributed by atoms with Crippen LogP contribution in [0.4, 0.5) is 0 Å². The standard InChI is InChI=1S/C15H16N2O2/c16-14(10-15(17)18)11-6-8-13(9-7-11)19-12-4-2-1-3-5-12/h1-9,14H,10,16H2,(H2,17,18). The topological polar surface area (TPSA) is 78.3 Å². The molecule has 1 unspecified atom stereocenters. The number of hydrogen-bond donors (Lipinski definition) is 2. The van der Waals surface area contributed by atoms with Gasteiger partial charge in [-0.05, 0) is 29.8 Å². The maximum Gasteiger partial charge on any atom is 0.219 e. The van der Waals surface area contributed by atoms with E-state index in [9.17, 15) is 4.79 Å². The number of amides is 1. The summed E-state index contributed by atoms with van der Waals surface area (Å²) in [7, 11) is 0. The van der Waals surface area contributed by atoms with Crippen molar-refractivity contribution in [3.63, 3.8) is 0 Å². The van der Waals surface area contributed by atoms with Gasteiger partial charge in [-0.15, -0.1) is 0 Å². The predicted octanol–water partition coefficient (Wildman–Crippen LogP) is 2.35. The molecule has 4 N–H and O–H groups in total. The van der Waals surface area contributed by atoms with Gasteiger partial charge in [-0.25, -0.2) is 0 Å². The van der Waals surface area contributed by atoms with E-state index in [1.54, 1.807) is 0 Å². The summed E-state index contributed by atoms with van der Waals surface area (Å²) in [6.45, 7) is 0. The highest BCUT2D eigenvalue weighted by atomic mass is 16.5. The lowest BCUT2D eigenvalue weighted by Gasteiger charge is -2.11. The van der Waals surface area contributed by atoms with E-state index < -0.39 is 5.91 Å². The van der Waals surface area contributed by atoms with Crippen molar-refractivity contribution in [2.45, 2.75) is 12.5 Å². The van der Waals surface area contributed by atoms with Crippen LogP contribution >= 0.6 is 0 Å². The van der Waals surface area contributed by atoms with Crippen molar-refractivity contribution in [2.24, 2.45) is 11.5 Å². The number of primary amides is 1. The van der Waals surface area contributed by atoms with Crippen molar-refractivity contribution in [3.8, 4) is 11.5 Å². The minimum atomic E-state index is -0.405. The number of carbonyl (C=O) groups is 1. The molecular weight excluding hydrogens is 240 g/mol. The molecular formula is C15H16N2O2. The maximum absolute atomic E-state index is 10.8. The third kappa shape index (κ3) is 3.82. The van der Waals surface area contributed by atoms with Gasteiger partial charge in [0.15, 0.2) is 0 Å². The predicted molar refractivity (Wildman–Crippen MR) is 73.7 cm³/mol. The smallest absolute Gasteiger partial charge is 0.219 e. The summed E-state index contributed by atoms with van der Waals surface area (Å²) in [4.78, 5) is 10.8. The normalized spacial score (nSPS) is 11.8. The van der Waals surface area contributed by atoms with Crippen LogP contribution < -0.4 is 16.2 Å². The Kier molecular flexibility index (Phi) is 4.15. The Morgan fingerprint density at radius 1 is 1.00 bits per heavy atom. The minimum Gasteiger partial charge on any atom is -0.457 e. The molecule has 2 rings (SSSR count). The van der Waals surface area contributed by atoms with Gasteiger partial charge in [0.2, 0.25) is 5.91 Å². The summed E-state index contributed by atoms with van der Waals surface area (Å²) in [6, 6.07) is 16.5. The molecule has 0 fully saturated rings. The quantitative estimate of drug-likeness (QED) is 0.861. The van der Waals surface area contributed by atoms with Gasteiger partial charge < -0.3 is 16.2 Å². The number of hydrogen-bond acceptors (Lipinski definition) is 3. The van der Waals surface area contributed by atoms with Gasteiger partial charge in [-0.1, -0.05) is 30.3 Å². The number of para-hydroxylation sites is 1. The molecule has 0 aliphatic carbocycles. The van der Waals surface area contributed by atoms with Crippen LogP contribution in [0.5, 0.6) is 11.5 Å². The molecule has 0 aromatic heterocycles. The van der Waals surface area contributed by atoms with Crippen LogP contribution in [0.15, 0.2) is 54.6 Å². The van der Waals surface area contributed by atoms with E-state index in [0.717, 1.165) is 17.1 Å². The van der Waals surface area contributed by atoms with E-state index in [1.165, 1.54) is 0 Å². The molecule has 19 heavy (non-hydrogen) atoms. The van der Waals surface area contributed by atoms with E-state index in [4.69, 9.17) is 16.2 Å². The highest BCUT2D eigenvalue weighted by Gasteiger charge is 2.09. The molecule has 0 aliphatic heterocycles. The zero-order valence-corrected chi connectivity index (χ0v) is 10.5. The fourth-order valence-electron chi connectivity index (χ4n) is 1.74. The average molecular weight is 256 g/mol. The average Bonchev–Trinajstić information content (AvgIpc) is 2.40. The SMILES string of the molecule is NC(=O)CC(N)c1ccc(Oc2ccccc2)cc1. The number of rotatable bonds is 5. The second-order valence-corrected chi connectivity index (χ2v) is 4.26. The molecule has 98 valence electrons. The molecule has 1 atom stereocenters. The Balaban J connectivity index is 2.04. The zero-order valence-electron chi connectivity index (χ0n) is 10.5. The summed E-state index contributed by atoms with van der Waals surface area (Å²) in [5.41, 5.74) is 11.8. The fraction of sp³-hybridized carbons (Fsp3) is 0.133. The van der Waals surface area contributed by atoms with Crippen LogP contribution in [0.25, 0.3) is 0 Å². The molecule has 0 heterocycles. The van der Waals surface area contributed by atoms with E-state index in [2.05, 4.69) is 0 Å². The highest BCUT2D eigenvalue weighted by molar-refractivity contribution is 5.74. The molecule has 1 amide bonds. The number of ether oxygens (including phenoxy) is 1. The lowest BCUT2D eigenvalue weighted by atomic mass is 10.0. The Morgan fingerprint density at radius 3 is 2.16 bits per heavy atom. The summed E-state index contributed by atoms with van der Waals surface area (Å²) in [5, 5.41) is 0. The second kappa shape index (κ2) is 6.02. The van der Waals surface area contributed by atoms with Crippen LogP contribution in [0.3, 0.4) is 0 Å². The lowest BCUT2D eigenvalue weighted by Crippen LogP contribution is -2.20. The van der Waals surface area contributed by atoms with Crippen molar-refractivity contribution in [1.29, 1.82) is 0 Å². The first-order valence-electron chi connectivity index (χ1n) is 6.02. The highest BCUT2D eigenvalue weighted by Crippen LogP contribution is 2.23. The Labute approximate surface area is 112 Å². The number of benzene rings is 2. The molecule has 4 nitrogen and oxygen atoms in total. The first-order valence-corrected chi connectivity index (χ1v) is 6.02. The molecule has 0 aliphatic rings. The Morgan fingerprint density at radius 2 is 1.58 bits per heavy atom. The molecule has 0 radical (unpaired) electrons. The van der Waals surface area contributed by atoms with Crippen molar-refractivity contribution in [2.75, 3.05) is 0 Å². The zero-order chi connectivity index (χ0) is 13.7. The number of nitrogens with two attached hydrogens (primary N) is 2. The summed E-state index contributed by atoms with van der Waals surface area (Å²) in [5.74, 6) is 1.09. The van der Waals surface area contributed by atoms with E-state index in [-0.39, 0.29) is 12.5 Å². The van der Waals surface area contributed by atoms with Crippen LogP contribution in [-0.4, -0.2) is 5.91 Å². The van der Waals surface area contributed by atoms with Crippen molar-refractivity contribution < 1.29 is 9.53 Å². The van der Waals surface area contributed by atoms with Gasteiger partial charge in [0, 0.05) is 12.5 Å². The summed E-state index contributed by atoms with van der Waals surface area (Å²) < 4.78 is 5.66. The first kappa shape index (κ1) is 13.1. The van der Waals surface area contributed by atoms with Crippen LogP contribution in [0, 0.1) is 0 Å². The van der Waals surface area contributed by atoms with Crippen molar-refractivity contribution >= 4 is 5.91 Å². The maximum atomic E-state index is 10.8. The fourth-order valence-corrected chi connectivity index (χ4v) is 1.74. The van der Waals surface area contributed by atoms with E-state index in [1.807, 2.05) is 54.6 Å². The van der Waals surface area contributed by atoms with E-state index in [0.29, 0.717) is 0 Å². The van der Waals surface area contributed by atoms with Crippen molar-refractivity contribution in [1.82, 2.24) is 0 Å². The molecule has 2 aromatic carbocycles. The molecule has 0 bridgehead atoms. The Hall–Kier alpha value is -2.33. The minimum absolute atomic E-state index is 0.138. The van der Waals surface area contributed by atoms with Crippen LogP contribution in [0.1, 0.15) is 18.0 Å². The van der Waals surface area contributed by atoms with Gasteiger partial charge in [-0.3, -0.25) is 4.79 Å². The van der Waals surface area contributed by atoms with Crippen molar-refractivity contribution in [3.05, 3.63) is 60.2 Å². The second-order valence-electron chi connectivity index (χ2n) is 4.26. The monoisotopic (exact) mass is 256 g/mol. The van der Waals surface area contributed by atoms with Gasteiger partial charge >= 0.3 is 0 Å². The molecule has 4 heteroatoms. The first-order chi connectivity index (χ1) is 9.15. The molecule has 0 saturated carbocycles. The summed E-state index contributed by atoms with van der Waals surface area (Å²) >= 11 is 0. The van der Waals surface area contributed by atoms with Crippen LogP contribution in [-0.2, 0) is 4.79 Å². The molecule has 0 saturated heterocycles. The largest absolute Gasteiger partial charge is 0.457 e. The van der Waals surface area contributed by atoms with Gasteiger partial charge in [-0.2, -0.15) is 0 Å². The van der Waals surface area contributed by atoms with Gasteiger partial charge in [0.25, 0.3) is 0 Å². The lowest BCUT2D eigenvalue weighted by molar-refractivity contribution is -0.118. The van der Waals surface area contributed by atoms with Gasteiger partial charge in [0.05, 0.1) is 0 Å². The molecule has 0 spiro atoms.